The molecule has 0 aliphatic heterocycles. The summed E-state index contributed by atoms with van der Waals surface area (Å²) in [6.07, 6.45) is 1.71. The zero-order chi connectivity index (χ0) is 11.8. The molecule has 84 valence electrons. The number of hydrogen-bond acceptors (Lipinski definition) is 3. The largest absolute Gasteiger partial charge is 0.384 e. The van der Waals surface area contributed by atoms with E-state index in [9.17, 15) is 0 Å². The summed E-state index contributed by atoms with van der Waals surface area (Å²) in [5.41, 5.74) is 8.53. The molecule has 17 heavy (non-hydrogen) atoms. The third-order valence-corrected chi connectivity index (χ3v) is 3.05. The van der Waals surface area contributed by atoms with Crippen LogP contribution >= 0.6 is 15.9 Å². The Labute approximate surface area is 106 Å². The average molecular weight is 289 g/mol. The maximum Gasteiger partial charge on any atom is 0.158 e. The number of fused-ring (bicyclic) bond motifs is 1. The minimum absolute atomic E-state index is 0.496. The Hall–Kier alpha value is -1.88. The van der Waals surface area contributed by atoms with Gasteiger partial charge in [-0.2, -0.15) is 5.10 Å². The summed E-state index contributed by atoms with van der Waals surface area (Å²) in [6.45, 7) is 0. The topological polar surface area (TPSA) is 56.2 Å². The first-order valence-corrected chi connectivity index (χ1v) is 5.89. The summed E-state index contributed by atoms with van der Waals surface area (Å²) >= 11 is 3.42. The summed E-state index contributed by atoms with van der Waals surface area (Å²) in [5.74, 6) is 0.496. The Bertz CT molecular complexity index is 673. The molecule has 0 unspecified atom stereocenters. The molecule has 0 aliphatic rings. The van der Waals surface area contributed by atoms with Crippen LogP contribution in [0.5, 0.6) is 0 Å². The number of nitrogen functional groups attached to an aromatic ring is 1. The second kappa shape index (κ2) is 3.85. The highest BCUT2D eigenvalue weighted by Crippen LogP contribution is 2.23. The molecule has 0 saturated carbocycles. The molecule has 5 heteroatoms. The van der Waals surface area contributed by atoms with Crippen LogP contribution in [0, 0.1) is 0 Å². The molecule has 0 atom stereocenters. The van der Waals surface area contributed by atoms with E-state index in [1.165, 1.54) is 0 Å². The lowest BCUT2D eigenvalue weighted by atomic mass is 10.1. The summed E-state index contributed by atoms with van der Waals surface area (Å²) in [7, 11) is 0. The maximum absolute atomic E-state index is 5.79. The summed E-state index contributed by atoms with van der Waals surface area (Å²) in [6, 6.07) is 11.7. The van der Waals surface area contributed by atoms with Crippen molar-refractivity contribution in [1.29, 1.82) is 0 Å². The molecule has 0 spiro atoms. The van der Waals surface area contributed by atoms with Gasteiger partial charge in [-0.05, 0) is 12.1 Å². The zero-order valence-electron chi connectivity index (χ0n) is 8.84. The van der Waals surface area contributed by atoms with Crippen molar-refractivity contribution in [3.63, 3.8) is 0 Å². The number of hydrogen-bond donors (Lipinski definition) is 1. The van der Waals surface area contributed by atoms with Gasteiger partial charge in [0.15, 0.2) is 5.65 Å². The number of nitrogens with two attached hydrogens (primary N) is 1. The van der Waals surface area contributed by atoms with E-state index in [0.29, 0.717) is 5.82 Å². The molecular formula is C12H9BrN4. The van der Waals surface area contributed by atoms with Crippen molar-refractivity contribution in [2.75, 3.05) is 5.73 Å². The number of aromatic nitrogens is 3. The maximum atomic E-state index is 5.79. The lowest BCUT2D eigenvalue weighted by molar-refractivity contribution is 0.950. The van der Waals surface area contributed by atoms with Gasteiger partial charge < -0.3 is 5.73 Å². The molecule has 3 aromatic rings. The van der Waals surface area contributed by atoms with E-state index in [-0.39, 0.29) is 0 Å². The molecule has 2 aromatic heterocycles. The summed E-state index contributed by atoms with van der Waals surface area (Å²) in [5, 5.41) is 4.25. The van der Waals surface area contributed by atoms with E-state index in [4.69, 9.17) is 5.73 Å². The van der Waals surface area contributed by atoms with Crippen LogP contribution < -0.4 is 5.73 Å². The first kappa shape index (κ1) is 10.3. The summed E-state index contributed by atoms with van der Waals surface area (Å²) in [4.78, 5) is 4.21. The van der Waals surface area contributed by atoms with Crippen LogP contribution in [-0.4, -0.2) is 14.6 Å². The van der Waals surface area contributed by atoms with Crippen molar-refractivity contribution < 1.29 is 0 Å². The molecule has 2 heterocycles. The molecule has 0 amide bonds. The predicted octanol–water partition coefficient (Wildman–Crippen LogP) is 2.74. The molecule has 3 rings (SSSR count). The van der Waals surface area contributed by atoms with E-state index in [2.05, 4.69) is 26.0 Å². The minimum Gasteiger partial charge on any atom is -0.384 e. The highest BCUT2D eigenvalue weighted by Gasteiger charge is 2.06. The zero-order valence-corrected chi connectivity index (χ0v) is 10.4. The Morgan fingerprint density at radius 2 is 1.88 bits per heavy atom. The highest BCUT2D eigenvalue weighted by molar-refractivity contribution is 9.10. The number of rotatable bonds is 1. The number of halogens is 1. The van der Waals surface area contributed by atoms with Gasteiger partial charge in [-0.1, -0.05) is 28.1 Å². The molecule has 4 nitrogen and oxygen atoms in total. The number of benzene rings is 1. The lowest BCUT2D eigenvalue weighted by Crippen LogP contribution is -1.99. The Morgan fingerprint density at radius 3 is 2.65 bits per heavy atom. The van der Waals surface area contributed by atoms with Gasteiger partial charge in [0.25, 0.3) is 0 Å². The van der Waals surface area contributed by atoms with Gasteiger partial charge in [-0.15, -0.1) is 0 Å². The first-order chi connectivity index (χ1) is 8.24. The van der Waals surface area contributed by atoms with E-state index in [0.717, 1.165) is 21.4 Å². The standard InChI is InChI=1S/C12H9BrN4/c13-9-3-1-8(2-4-9)10-7-11(14)16-12-5-6-15-17(10)12/h1-7H,(H2,14,16). The van der Waals surface area contributed by atoms with Crippen LogP contribution in [0.25, 0.3) is 16.9 Å². The normalized spacial score (nSPS) is 10.9. The van der Waals surface area contributed by atoms with Crippen LogP contribution in [0.3, 0.4) is 0 Å². The SMILES string of the molecule is Nc1cc(-c2ccc(Br)cc2)n2nccc2n1. The van der Waals surface area contributed by atoms with Crippen molar-refractivity contribution >= 4 is 27.4 Å². The minimum atomic E-state index is 0.496. The van der Waals surface area contributed by atoms with Crippen molar-refractivity contribution in [3.8, 4) is 11.3 Å². The average Bonchev–Trinajstić information content (AvgIpc) is 2.77. The van der Waals surface area contributed by atoms with Gasteiger partial charge in [0.1, 0.15) is 5.82 Å². The molecular weight excluding hydrogens is 280 g/mol. The lowest BCUT2D eigenvalue weighted by Gasteiger charge is -2.06. The molecule has 0 radical (unpaired) electrons. The van der Waals surface area contributed by atoms with Crippen LogP contribution in [-0.2, 0) is 0 Å². The van der Waals surface area contributed by atoms with Crippen LogP contribution in [0.2, 0.25) is 0 Å². The molecule has 0 fully saturated rings. The van der Waals surface area contributed by atoms with Gasteiger partial charge in [-0.3, -0.25) is 0 Å². The van der Waals surface area contributed by atoms with Crippen LogP contribution in [0.4, 0.5) is 5.82 Å². The van der Waals surface area contributed by atoms with E-state index in [1.54, 1.807) is 10.7 Å². The molecule has 0 bridgehead atoms. The van der Waals surface area contributed by atoms with E-state index >= 15 is 0 Å². The third-order valence-electron chi connectivity index (χ3n) is 2.52. The Kier molecular flexibility index (Phi) is 2.33. The fourth-order valence-electron chi connectivity index (χ4n) is 1.76. The van der Waals surface area contributed by atoms with Crippen LogP contribution in [0.1, 0.15) is 0 Å². The monoisotopic (exact) mass is 288 g/mol. The second-order valence-electron chi connectivity index (χ2n) is 3.67. The molecule has 0 aliphatic carbocycles. The van der Waals surface area contributed by atoms with Crippen molar-refractivity contribution in [3.05, 3.63) is 47.1 Å². The second-order valence-corrected chi connectivity index (χ2v) is 4.59. The van der Waals surface area contributed by atoms with Gasteiger partial charge in [0.05, 0.1) is 11.9 Å². The van der Waals surface area contributed by atoms with Crippen molar-refractivity contribution in [2.45, 2.75) is 0 Å². The van der Waals surface area contributed by atoms with Gasteiger partial charge >= 0.3 is 0 Å². The fourth-order valence-corrected chi connectivity index (χ4v) is 2.02. The fraction of sp³-hybridized carbons (Fsp3) is 0. The number of anilines is 1. The molecule has 1 aromatic carbocycles. The molecule has 0 saturated heterocycles. The van der Waals surface area contributed by atoms with Gasteiger partial charge in [-0.25, -0.2) is 9.50 Å². The number of nitrogens with zero attached hydrogens (tertiary/aromatic N) is 3. The quantitative estimate of drug-likeness (QED) is 0.749. The summed E-state index contributed by atoms with van der Waals surface area (Å²) < 4.78 is 2.82. The Balaban J connectivity index is 2.28. The first-order valence-electron chi connectivity index (χ1n) is 5.10. The van der Waals surface area contributed by atoms with Crippen molar-refractivity contribution in [2.24, 2.45) is 0 Å². The van der Waals surface area contributed by atoms with Gasteiger partial charge in [0.2, 0.25) is 0 Å². The van der Waals surface area contributed by atoms with Crippen molar-refractivity contribution in [1.82, 2.24) is 14.6 Å². The predicted molar refractivity (Wildman–Crippen MR) is 70.5 cm³/mol. The smallest absolute Gasteiger partial charge is 0.158 e. The molecule has 2 N–H and O–H groups in total. The highest BCUT2D eigenvalue weighted by atomic mass is 79.9. The van der Waals surface area contributed by atoms with Gasteiger partial charge in [0, 0.05) is 22.2 Å². The third kappa shape index (κ3) is 1.78. The van der Waals surface area contributed by atoms with E-state index in [1.807, 2.05) is 36.4 Å². The van der Waals surface area contributed by atoms with Crippen LogP contribution in [0.15, 0.2) is 47.1 Å². The Morgan fingerprint density at radius 1 is 1.12 bits per heavy atom. The van der Waals surface area contributed by atoms with E-state index < -0.39 is 0 Å².